The number of hydrogen-bond acceptors (Lipinski definition) is 0. The Hall–Kier alpha value is -1.13. The highest BCUT2D eigenvalue weighted by Crippen LogP contribution is 2.65. The van der Waals surface area contributed by atoms with Crippen molar-refractivity contribution in [2.24, 2.45) is 0 Å². The van der Waals surface area contributed by atoms with Crippen LogP contribution in [0.2, 0.25) is 26.2 Å². The summed E-state index contributed by atoms with van der Waals surface area (Å²) in [5, 5.41) is 0. The van der Waals surface area contributed by atoms with Crippen molar-refractivity contribution in [1.82, 2.24) is 0 Å². The van der Waals surface area contributed by atoms with E-state index in [0.717, 1.165) is 0 Å². The van der Waals surface area contributed by atoms with Crippen LogP contribution in [0.5, 0.6) is 0 Å². The second kappa shape index (κ2) is 6.69. The lowest BCUT2D eigenvalue weighted by atomic mass is 9.61. The number of fused-ring (bicyclic) bond motifs is 1. The Morgan fingerprint density at radius 2 is 1.30 bits per heavy atom. The summed E-state index contributed by atoms with van der Waals surface area (Å²) in [4.78, 5) is 0. The van der Waals surface area contributed by atoms with Gasteiger partial charge in [-0.1, -0.05) is 86.9 Å². The van der Waals surface area contributed by atoms with Gasteiger partial charge in [-0.3, -0.25) is 0 Å². The van der Waals surface area contributed by atoms with Gasteiger partial charge in [0, 0.05) is 31.3 Å². The van der Waals surface area contributed by atoms with Crippen molar-refractivity contribution in [2.45, 2.75) is 38.0 Å². The predicted molar refractivity (Wildman–Crippen MR) is 131 cm³/mol. The molecule has 0 amide bonds. The molecule has 0 spiro atoms. The average Bonchev–Trinajstić information content (AvgIpc) is 3.40. The van der Waals surface area contributed by atoms with Crippen LogP contribution in [0.25, 0.3) is 0 Å². The lowest BCUT2D eigenvalue weighted by Crippen LogP contribution is -2.64. The van der Waals surface area contributed by atoms with E-state index >= 15 is 0 Å². The third-order valence-electron chi connectivity index (χ3n) is 8.43. The topological polar surface area (TPSA) is 0 Å². The Kier molecular flexibility index (Phi) is 4.36. The van der Waals surface area contributed by atoms with Crippen molar-refractivity contribution >= 4 is 15.2 Å². The van der Waals surface area contributed by atoms with Gasteiger partial charge in [-0.15, -0.1) is 0 Å². The summed E-state index contributed by atoms with van der Waals surface area (Å²) < 4.78 is 0. The normalized spacial score (nSPS) is 30.3. The Bertz CT molecular complexity index is 936. The van der Waals surface area contributed by atoms with Crippen molar-refractivity contribution in [2.75, 3.05) is 0 Å². The molecule has 0 nitrogen and oxygen atoms in total. The number of allylic oxidation sites excluding steroid dienone is 6. The first kappa shape index (κ1) is 19.6. The fraction of sp³-hybridized carbons (Fsp3) is 0.214. The number of rotatable bonds is 3. The van der Waals surface area contributed by atoms with E-state index in [1.54, 1.807) is 22.9 Å². The second-order valence-electron chi connectivity index (χ2n) is 10.2. The standard InChI is InChI=1S/C28H28Si2/c1-29(2,26-17-13-19-9-5-6-10-20(19)26)30(3,4)27-18-16-25-23-14-15-24(28(25)27)22-12-8-7-11-21(22)23/h5-18,23-24H,1-4H3/t23-,24+/m0/s1. The summed E-state index contributed by atoms with van der Waals surface area (Å²) >= 11 is 0. The molecule has 0 N–H and O–H groups in total. The van der Waals surface area contributed by atoms with E-state index in [-0.39, 0.29) is 0 Å². The van der Waals surface area contributed by atoms with Crippen molar-refractivity contribution in [1.29, 1.82) is 0 Å². The summed E-state index contributed by atoms with van der Waals surface area (Å²) in [6.45, 7) is 10.6. The van der Waals surface area contributed by atoms with Crippen LogP contribution < -0.4 is 0 Å². The number of hydrogen-bond donors (Lipinski definition) is 0. The molecule has 1 aromatic carbocycles. The van der Waals surface area contributed by atoms with E-state index in [9.17, 15) is 0 Å². The van der Waals surface area contributed by atoms with Gasteiger partial charge in [0.1, 0.15) is 0 Å². The Balaban J connectivity index is 1.35. The Morgan fingerprint density at radius 1 is 0.667 bits per heavy atom. The average molecular weight is 421 g/mol. The zero-order valence-electron chi connectivity index (χ0n) is 18.2. The maximum absolute atomic E-state index is 2.65. The Morgan fingerprint density at radius 3 is 2.10 bits per heavy atom. The molecular formula is C28H28Si2. The fourth-order valence-corrected chi connectivity index (χ4v) is 15.6. The largest absolute Gasteiger partial charge is 0.0798 e. The van der Waals surface area contributed by atoms with Crippen LogP contribution in [0.4, 0.5) is 0 Å². The summed E-state index contributed by atoms with van der Waals surface area (Å²) in [6, 6.07) is 9.11. The highest BCUT2D eigenvalue weighted by molar-refractivity contribution is 7.45. The molecule has 0 unspecified atom stereocenters. The molecule has 0 heterocycles. The Labute approximate surface area is 185 Å². The molecule has 10 radical (unpaired) electrons. The second-order valence-corrected chi connectivity index (χ2v) is 25.2. The third kappa shape index (κ3) is 2.50. The molecule has 6 aliphatic rings. The molecule has 2 fully saturated rings. The van der Waals surface area contributed by atoms with Gasteiger partial charge in [-0.05, 0) is 59.7 Å². The van der Waals surface area contributed by atoms with E-state index in [1.807, 2.05) is 0 Å². The van der Waals surface area contributed by atoms with Crippen LogP contribution >= 0.6 is 0 Å². The lowest BCUT2D eigenvalue weighted by molar-refractivity contribution is 0.674. The lowest BCUT2D eigenvalue weighted by Gasteiger charge is -2.52. The molecule has 2 bridgehead atoms. The van der Waals surface area contributed by atoms with E-state index in [4.69, 9.17) is 0 Å². The number of benzene rings is 1. The van der Waals surface area contributed by atoms with Crippen LogP contribution in [0.15, 0.2) is 60.7 Å². The van der Waals surface area contributed by atoms with E-state index in [0.29, 0.717) is 11.8 Å². The molecule has 148 valence electrons. The van der Waals surface area contributed by atoms with Crippen LogP contribution in [-0.2, 0) is 0 Å². The third-order valence-corrected chi connectivity index (χ3v) is 26.1. The molecular weight excluding hydrogens is 392 g/mol. The zero-order valence-corrected chi connectivity index (χ0v) is 20.2. The van der Waals surface area contributed by atoms with Crippen molar-refractivity contribution in [3.63, 3.8) is 0 Å². The van der Waals surface area contributed by atoms with Crippen molar-refractivity contribution in [3.8, 4) is 0 Å². The van der Waals surface area contributed by atoms with E-state index in [2.05, 4.69) is 113 Å². The molecule has 0 aliphatic heterocycles. The molecule has 0 aromatic heterocycles. The van der Waals surface area contributed by atoms with E-state index in [1.165, 1.54) is 23.0 Å². The maximum Gasteiger partial charge on any atom is 0.0500 e. The first-order valence-electron chi connectivity index (χ1n) is 11.1. The first-order valence-corrected chi connectivity index (χ1v) is 18.1. The summed E-state index contributed by atoms with van der Waals surface area (Å²) in [5.41, 5.74) is 6.43. The maximum atomic E-state index is 2.65. The zero-order chi connectivity index (χ0) is 20.7. The van der Waals surface area contributed by atoms with Gasteiger partial charge in [0.2, 0.25) is 0 Å². The fourth-order valence-electron chi connectivity index (χ4n) is 6.07. The van der Waals surface area contributed by atoms with Crippen LogP contribution in [0, 0.1) is 60.4 Å². The minimum atomic E-state index is -1.71. The summed E-state index contributed by atoms with van der Waals surface area (Å²) in [7, 11) is -3.40. The highest BCUT2D eigenvalue weighted by Gasteiger charge is 2.62. The molecule has 30 heavy (non-hydrogen) atoms. The van der Waals surface area contributed by atoms with Crippen LogP contribution in [-0.4, -0.2) is 15.2 Å². The smallest absolute Gasteiger partial charge is 0.0500 e. The van der Waals surface area contributed by atoms with Gasteiger partial charge in [0.15, 0.2) is 0 Å². The van der Waals surface area contributed by atoms with Crippen LogP contribution in [0.3, 0.4) is 0 Å². The van der Waals surface area contributed by atoms with Crippen LogP contribution in [0.1, 0.15) is 23.0 Å². The van der Waals surface area contributed by atoms with Gasteiger partial charge in [-0.2, -0.15) is 0 Å². The van der Waals surface area contributed by atoms with Gasteiger partial charge >= 0.3 is 0 Å². The molecule has 7 rings (SSSR count). The molecule has 0 saturated heterocycles. The van der Waals surface area contributed by atoms with Gasteiger partial charge in [-0.25, -0.2) is 0 Å². The summed E-state index contributed by atoms with van der Waals surface area (Å²) in [5.74, 6) is 7.02. The first-order chi connectivity index (χ1) is 14.4. The van der Waals surface area contributed by atoms with Gasteiger partial charge < -0.3 is 0 Å². The highest BCUT2D eigenvalue weighted by atomic mass is 29.3. The summed E-state index contributed by atoms with van der Waals surface area (Å²) in [6.07, 6.45) is 23.7. The molecule has 1 aromatic rings. The van der Waals surface area contributed by atoms with Crippen molar-refractivity contribution < 1.29 is 0 Å². The van der Waals surface area contributed by atoms with E-state index < -0.39 is 15.2 Å². The molecule has 6 aliphatic carbocycles. The van der Waals surface area contributed by atoms with Crippen molar-refractivity contribution in [3.05, 3.63) is 132 Å². The minimum absolute atomic E-state index is 0.444. The minimum Gasteiger partial charge on any atom is -0.0798 e. The predicted octanol–water partition coefficient (Wildman–Crippen LogP) is 6.43. The molecule has 2 saturated carbocycles. The SMILES string of the molecule is C[Si](C)([C]1[CH][CH][C]2C=CC=C[C]21)[Si](C)(C)[C]1[CH][CH][C]2[C]1[C@@H]1C=C[C@H]2c2ccccc21. The quantitative estimate of drug-likeness (QED) is 0.390. The van der Waals surface area contributed by atoms with Gasteiger partial charge in [0.05, 0.1) is 7.59 Å². The molecule has 2 atom stereocenters. The molecule has 2 heteroatoms. The monoisotopic (exact) mass is 420 g/mol. The van der Waals surface area contributed by atoms with Gasteiger partial charge in [0.25, 0.3) is 0 Å².